The lowest BCUT2D eigenvalue weighted by Gasteiger charge is -2.16. The first-order chi connectivity index (χ1) is 9.61. The third-order valence-corrected chi connectivity index (χ3v) is 3.14. The van der Waals surface area contributed by atoms with Crippen molar-refractivity contribution in [2.45, 2.75) is 19.3 Å². The molecule has 3 nitrogen and oxygen atoms in total. The van der Waals surface area contributed by atoms with Gasteiger partial charge in [0.05, 0.1) is 11.6 Å². The van der Waals surface area contributed by atoms with Gasteiger partial charge in [0, 0.05) is 6.07 Å². The molecule has 0 fully saturated rings. The van der Waals surface area contributed by atoms with E-state index in [1.165, 1.54) is 6.07 Å². The largest absolute Gasteiger partial charge is 0.506 e. The Morgan fingerprint density at radius 1 is 1.25 bits per heavy atom. The Morgan fingerprint density at radius 3 is 2.60 bits per heavy atom. The average Bonchev–Trinajstić information content (AvgIpc) is 2.45. The van der Waals surface area contributed by atoms with E-state index in [0.717, 1.165) is 17.7 Å². The Hall–Kier alpha value is -2.36. The van der Waals surface area contributed by atoms with Crippen LogP contribution in [0, 0.1) is 5.82 Å². The standard InChI is InChI=1S/C16H16FNO2/c1-2-13(11-6-4-3-5-7-11)16(20)18-14-10-12(17)8-9-15(14)19/h3-10,13,19H,2H2,1H3,(H,18,20)/t13-/m0/s1. The highest BCUT2D eigenvalue weighted by Crippen LogP contribution is 2.27. The number of hydrogen-bond donors (Lipinski definition) is 2. The molecule has 20 heavy (non-hydrogen) atoms. The number of carbonyl (C=O) groups is 1. The Morgan fingerprint density at radius 2 is 1.95 bits per heavy atom. The lowest BCUT2D eigenvalue weighted by atomic mass is 9.95. The van der Waals surface area contributed by atoms with E-state index in [2.05, 4.69) is 5.32 Å². The maximum Gasteiger partial charge on any atom is 0.232 e. The molecule has 1 amide bonds. The number of anilines is 1. The Labute approximate surface area is 117 Å². The highest BCUT2D eigenvalue weighted by atomic mass is 19.1. The maximum atomic E-state index is 13.1. The van der Waals surface area contributed by atoms with Crippen molar-refractivity contribution in [3.63, 3.8) is 0 Å². The van der Waals surface area contributed by atoms with Gasteiger partial charge < -0.3 is 10.4 Å². The van der Waals surface area contributed by atoms with Crippen molar-refractivity contribution in [2.75, 3.05) is 5.32 Å². The van der Waals surface area contributed by atoms with Crippen molar-refractivity contribution in [2.24, 2.45) is 0 Å². The summed E-state index contributed by atoms with van der Waals surface area (Å²) in [6.07, 6.45) is 0.617. The molecule has 2 aromatic carbocycles. The first-order valence-electron chi connectivity index (χ1n) is 6.46. The minimum absolute atomic E-state index is 0.0874. The van der Waals surface area contributed by atoms with Crippen LogP contribution in [0.15, 0.2) is 48.5 Å². The van der Waals surface area contributed by atoms with Gasteiger partial charge in [-0.15, -0.1) is 0 Å². The van der Waals surface area contributed by atoms with E-state index in [0.29, 0.717) is 6.42 Å². The summed E-state index contributed by atoms with van der Waals surface area (Å²) in [5.74, 6) is -1.26. The molecule has 0 bridgehead atoms. The normalized spacial score (nSPS) is 11.9. The van der Waals surface area contributed by atoms with Crippen LogP contribution in [0.3, 0.4) is 0 Å². The van der Waals surface area contributed by atoms with Gasteiger partial charge in [-0.1, -0.05) is 37.3 Å². The van der Waals surface area contributed by atoms with E-state index in [1.807, 2.05) is 37.3 Å². The molecule has 0 saturated heterocycles. The Bertz CT molecular complexity index is 599. The molecule has 1 atom stereocenters. The minimum atomic E-state index is -0.508. The van der Waals surface area contributed by atoms with Crippen molar-refractivity contribution in [1.29, 1.82) is 0 Å². The smallest absolute Gasteiger partial charge is 0.232 e. The third-order valence-electron chi connectivity index (χ3n) is 3.14. The fraction of sp³-hybridized carbons (Fsp3) is 0.188. The summed E-state index contributed by atoms with van der Waals surface area (Å²) in [4.78, 5) is 12.3. The zero-order valence-corrected chi connectivity index (χ0v) is 11.1. The maximum absolute atomic E-state index is 13.1. The SMILES string of the molecule is CC[C@H](C(=O)Nc1cc(F)ccc1O)c1ccccc1. The van der Waals surface area contributed by atoms with Crippen molar-refractivity contribution in [3.05, 3.63) is 59.9 Å². The predicted molar refractivity (Wildman–Crippen MR) is 76.2 cm³/mol. The zero-order chi connectivity index (χ0) is 14.5. The zero-order valence-electron chi connectivity index (χ0n) is 11.1. The number of nitrogens with one attached hydrogen (secondary N) is 1. The molecule has 104 valence electrons. The molecule has 0 radical (unpaired) electrons. The summed E-state index contributed by atoms with van der Waals surface area (Å²) in [6, 6.07) is 12.8. The summed E-state index contributed by atoms with van der Waals surface area (Å²) in [5.41, 5.74) is 0.979. The lowest BCUT2D eigenvalue weighted by Crippen LogP contribution is -2.20. The number of aromatic hydroxyl groups is 1. The Balaban J connectivity index is 2.20. The predicted octanol–water partition coefficient (Wildman–Crippen LogP) is 3.66. The lowest BCUT2D eigenvalue weighted by molar-refractivity contribution is -0.117. The van der Waals surface area contributed by atoms with Crippen LogP contribution in [0.2, 0.25) is 0 Å². The van der Waals surface area contributed by atoms with E-state index < -0.39 is 5.82 Å². The second kappa shape index (κ2) is 6.19. The second-order valence-corrected chi connectivity index (χ2v) is 4.52. The number of amides is 1. The number of rotatable bonds is 4. The molecule has 0 unspecified atom stereocenters. The summed E-state index contributed by atoms with van der Waals surface area (Å²) >= 11 is 0. The highest BCUT2D eigenvalue weighted by Gasteiger charge is 2.19. The molecular formula is C16H16FNO2. The van der Waals surface area contributed by atoms with Gasteiger partial charge >= 0.3 is 0 Å². The molecule has 2 N–H and O–H groups in total. The van der Waals surface area contributed by atoms with Gasteiger partial charge in [0.1, 0.15) is 11.6 Å². The minimum Gasteiger partial charge on any atom is -0.506 e. The van der Waals surface area contributed by atoms with Crippen LogP contribution in [-0.2, 0) is 4.79 Å². The van der Waals surface area contributed by atoms with E-state index in [9.17, 15) is 14.3 Å². The fourth-order valence-electron chi connectivity index (χ4n) is 2.09. The van der Waals surface area contributed by atoms with Crippen LogP contribution in [0.1, 0.15) is 24.8 Å². The molecule has 0 aliphatic rings. The van der Waals surface area contributed by atoms with E-state index >= 15 is 0 Å². The molecular weight excluding hydrogens is 257 g/mol. The number of phenolic OH excluding ortho intramolecular Hbond substituents is 1. The van der Waals surface area contributed by atoms with Gasteiger partial charge in [0.2, 0.25) is 5.91 Å². The van der Waals surface area contributed by atoms with Gasteiger partial charge in [-0.2, -0.15) is 0 Å². The van der Waals surface area contributed by atoms with Crippen molar-refractivity contribution in [1.82, 2.24) is 0 Å². The third kappa shape index (κ3) is 3.15. The molecule has 0 aromatic heterocycles. The van der Waals surface area contributed by atoms with Crippen molar-refractivity contribution >= 4 is 11.6 Å². The van der Waals surface area contributed by atoms with Crippen LogP contribution >= 0.6 is 0 Å². The van der Waals surface area contributed by atoms with Gasteiger partial charge in [0.15, 0.2) is 0 Å². The molecule has 2 rings (SSSR count). The van der Waals surface area contributed by atoms with E-state index in [1.54, 1.807) is 0 Å². The van der Waals surface area contributed by atoms with Gasteiger partial charge in [0.25, 0.3) is 0 Å². The molecule has 0 aliphatic heterocycles. The molecule has 0 spiro atoms. The number of hydrogen-bond acceptors (Lipinski definition) is 2. The molecule has 2 aromatic rings. The van der Waals surface area contributed by atoms with E-state index in [-0.39, 0.29) is 23.3 Å². The van der Waals surface area contributed by atoms with Gasteiger partial charge in [-0.05, 0) is 24.1 Å². The fourth-order valence-corrected chi connectivity index (χ4v) is 2.09. The van der Waals surface area contributed by atoms with Crippen LogP contribution in [0.25, 0.3) is 0 Å². The average molecular weight is 273 g/mol. The number of benzene rings is 2. The monoisotopic (exact) mass is 273 g/mol. The quantitative estimate of drug-likeness (QED) is 0.835. The van der Waals surface area contributed by atoms with Gasteiger partial charge in [-0.25, -0.2) is 4.39 Å². The first-order valence-corrected chi connectivity index (χ1v) is 6.46. The second-order valence-electron chi connectivity index (χ2n) is 4.52. The topological polar surface area (TPSA) is 49.3 Å². The van der Waals surface area contributed by atoms with Crippen LogP contribution < -0.4 is 5.32 Å². The summed E-state index contributed by atoms with van der Waals surface area (Å²) in [6.45, 7) is 1.91. The number of phenols is 1. The summed E-state index contributed by atoms with van der Waals surface area (Å²) < 4.78 is 13.1. The summed E-state index contributed by atoms with van der Waals surface area (Å²) in [7, 11) is 0. The highest BCUT2D eigenvalue weighted by molar-refractivity contribution is 5.96. The molecule has 0 aliphatic carbocycles. The first kappa shape index (κ1) is 14.1. The summed E-state index contributed by atoms with van der Waals surface area (Å²) in [5, 5.41) is 12.2. The Kier molecular flexibility index (Phi) is 4.35. The molecule has 0 heterocycles. The number of halogens is 1. The molecule has 0 saturated carbocycles. The van der Waals surface area contributed by atoms with Crippen molar-refractivity contribution in [3.8, 4) is 5.75 Å². The van der Waals surface area contributed by atoms with Crippen LogP contribution in [-0.4, -0.2) is 11.0 Å². The van der Waals surface area contributed by atoms with Crippen LogP contribution in [0.5, 0.6) is 5.75 Å². The van der Waals surface area contributed by atoms with Crippen LogP contribution in [0.4, 0.5) is 10.1 Å². The molecule has 4 heteroatoms. The van der Waals surface area contributed by atoms with Crippen molar-refractivity contribution < 1.29 is 14.3 Å². The van der Waals surface area contributed by atoms with Gasteiger partial charge in [-0.3, -0.25) is 4.79 Å². The van der Waals surface area contributed by atoms with E-state index in [4.69, 9.17) is 0 Å². The number of carbonyl (C=O) groups excluding carboxylic acids is 1.